The fourth-order valence-electron chi connectivity index (χ4n) is 2.20. The Hall–Kier alpha value is 0.230. The van der Waals surface area contributed by atoms with Crippen molar-refractivity contribution in [1.82, 2.24) is 15.3 Å². The second-order valence-electron chi connectivity index (χ2n) is 3.95. The highest BCUT2D eigenvalue weighted by molar-refractivity contribution is 7.59. The molecule has 0 aromatic heterocycles. The number of nitrogens with one attached hydrogen (secondary N) is 1. The van der Waals surface area contributed by atoms with E-state index in [1.807, 2.05) is 12.1 Å². The van der Waals surface area contributed by atoms with Crippen molar-refractivity contribution in [3.8, 4) is 0 Å². The third kappa shape index (κ3) is 2.18. The number of hydrogen-bond acceptors (Lipinski definition) is 4. The van der Waals surface area contributed by atoms with Crippen molar-refractivity contribution in [2.24, 2.45) is 0 Å². The number of rotatable bonds is 1. The average molecular weight is 199 g/mol. The molecule has 4 heteroatoms. The molecular weight excluding hydrogens is 182 g/mol. The van der Waals surface area contributed by atoms with Crippen LogP contribution in [-0.2, 0) is 12.6 Å². The molecule has 2 fully saturated rings. The Morgan fingerprint density at radius 1 is 1.31 bits per heavy atom. The minimum atomic E-state index is 0.0631. The van der Waals surface area contributed by atoms with E-state index in [9.17, 15) is 0 Å². The summed E-state index contributed by atoms with van der Waals surface area (Å²) >= 11 is 5.32. The van der Waals surface area contributed by atoms with E-state index >= 15 is 0 Å². The summed E-state index contributed by atoms with van der Waals surface area (Å²) < 4.78 is 0. The molecule has 0 spiro atoms. The van der Waals surface area contributed by atoms with E-state index in [-0.39, 0.29) is 5.50 Å². The van der Waals surface area contributed by atoms with E-state index in [1.54, 1.807) is 0 Å². The highest BCUT2D eigenvalue weighted by Gasteiger charge is 2.27. The molecule has 1 saturated heterocycles. The van der Waals surface area contributed by atoms with Crippen LogP contribution in [0.5, 0.6) is 0 Å². The normalized spacial score (nSPS) is 34.2. The van der Waals surface area contributed by atoms with Gasteiger partial charge in [0.25, 0.3) is 0 Å². The summed E-state index contributed by atoms with van der Waals surface area (Å²) in [6, 6.07) is 0.675. The molecule has 1 atom stereocenters. The molecule has 1 heterocycles. The molecule has 2 rings (SSSR count). The Kier molecular flexibility index (Phi) is 3.14. The zero-order valence-electron chi connectivity index (χ0n) is 8.07. The third-order valence-corrected chi connectivity index (χ3v) is 3.24. The average Bonchev–Trinajstić information content (AvgIpc) is 2.47. The SMILES string of the molecule is CN1[CH]N(C2CCCCC2)C([S-])N1. The maximum Gasteiger partial charge on any atom is 0.106 e. The van der Waals surface area contributed by atoms with Gasteiger partial charge in [0.2, 0.25) is 0 Å². The predicted molar refractivity (Wildman–Crippen MR) is 55.1 cm³/mol. The van der Waals surface area contributed by atoms with Crippen LogP contribution in [0.4, 0.5) is 0 Å². The van der Waals surface area contributed by atoms with Gasteiger partial charge >= 0.3 is 0 Å². The van der Waals surface area contributed by atoms with Gasteiger partial charge in [0.05, 0.1) is 0 Å². The van der Waals surface area contributed by atoms with Crippen molar-refractivity contribution in [2.75, 3.05) is 7.05 Å². The molecule has 1 aliphatic carbocycles. The lowest BCUT2D eigenvalue weighted by atomic mass is 9.95. The summed E-state index contributed by atoms with van der Waals surface area (Å²) in [4.78, 5) is 2.29. The van der Waals surface area contributed by atoms with E-state index in [2.05, 4.69) is 17.0 Å². The van der Waals surface area contributed by atoms with Gasteiger partial charge in [0, 0.05) is 13.1 Å². The van der Waals surface area contributed by atoms with Crippen molar-refractivity contribution in [1.29, 1.82) is 0 Å². The quantitative estimate of drug-likeness (QED) is 0.635. The molecule has 2 aliphatic rings. The molecular formula is C9H17N3S-. The van der Waals surface area contributed by atoms with Crippen LogP contribution in [0.25, 0.3) is 0 Å². The largest absolute Gasteiger partial charge is 0.757 e. The highest BCUT2D eigenvalue weighted by atomic mass is 32.1. The van der Waals surface area contributed by atoms with E-state index in [1.165, 1.54) is 32.1 Å². The molecule has 1 saturated carbocycles. The first kappa shape index (κ1) is 9.77. The lowest BCUT2D eigenvalue weighted by Gasteiger charge is -2.37. The summed E-state index contributed by atoms with van der Waals surface area (Å²) in [6.45, 7) is 2.10. The first-order valence-electron chi connectivity index (χ1n) is 5.04. The van der Waals surface area contributed by atoms with Crippen LogP contribution in [-0.4, -0.2) is 28.5 Å². The van der Waals surface area contributed by atoms with Gasteiger partial charge in [-0.2, -0.15) is 0 Å². The summed E-state index contributed by atoms with van der Waals surface area (Å²) in [6.07, 6.45) is 6.73. The minimum absolute atomic E-state index is 0.0631. The van der Waals surface area contributed by atoms with Gasteiger partial charge in [-0.05, 0) is 18.3 Å². The molecule has 75 valence electrons. The fourth-order valence-corrected chi connectivity index (χ4v) is 2.59. The van der Waals surface area contributed by atoms with Crippen LogP contribution < -0.4 is 5.43 Å². The van der Waals surface area contributed by atoms with Gasteiger partial charge < -0.3 is 12.6 Å². The molecule has 0 amide bonds. The molecule has 1 N–H and O–H groups in total. The molecule has 0 bridgehead atoms. The lowest BCUT2D eigenvalue weighted by Crippen LogP contribution is -2.41. The van der Waals surface area contributed by atoms with Crippen LogP contribution in [0.15, 0.2) is 0 Å². The predicted octanol–water partition coefficient (Wildman–Crippen LogP) is 1.02. The van der Waals surface area contributed by atoms with E-state index in [4.69, 9.17) is 12.6 Å². The summed E-state index contributed by atoms with van der Waals surface area (Å²) in [7, 11) is 2.00. The Morgan fingerprint density at radius 3 is 2.54 bits per heavy atom. The second kappa shape index (κ2) is 4.17. The van der Waals surface area contributed by atoms with Gasteiger partial charge in [0.1, 0.15) is 6.67 Å². The van der Waals surface area contributed by atoms with Crippen molar-refractivity contribution in [2.45, 2.75) is 43.6 Å². The molecule has 3 nitrogen and oxygen atoms in total. The van der Waals surface area contributed by atoms with Gasteiger partial charge in [-0.25, -0.2) is 5.01 Å². The van der Waals surface area contributed by atoms with Crippen LogP contribution in [0, 0.1) is 6.67 Å². The molecule has 0 aromatic rings. The van der Waals surface area contributed by atoms with Gasteiger partial charge in [-0.3, -0.25) is 10.3 Å². The maximum absolute atomic E-state index is 5.32. The smallest absolute Gasteiger partial charge is 0.106 e. The number of nitrogens with zero attached hydrogens (tertiary/aromatic N) is 2. The van der Waals surface area contributed by atoms with Gasteiger partial charge in [-0.1, -0.05) is 19.3 Å². The fraction of sp³-hybridized carbons (Fsp3) is 0.889. The Morgan fingerprint density at radius 2 is 2.00 bits per heavy atom. The number of hydrogen-bond donors (Lipinski definition) is 1. The van der Waals surface area contributed by atoms with E-state index in [0.29, 0.717) is 6.04 Å². The summed E-state index contributed by atoms with van der Waals surface area (Å²) in [5.41, 5.74) is 3.25. The standard InChI is InChI=1S/C9H18N3S/c1-11-7-12(9(13)10-11)8-5-3-2-4-6-8/h7-10,13H,2-6H2,1H3/p-1. The highest BCUT2D eigenvalue weighted by Crippen LogP contribution is 2.26. The summed E-state index contributed by atoms with van der Waals surface area (Å²) in [5, 5.41) is 1.96. The number of hydrazine groups is 1. The van der Waals surface area contributed by atoms with Gasteiger partial charge in [-0.15, -0.1) is 0 Å². The van der Waals surface area contributed by atoms with Gasteiger partial charge in [0.15, 0.2) is 0 Å². The Bertz CT molecular complexity index is 170. The first-order chi connectivity index (χ1) is 6.27. The Labute approximate surface area is 85.8 Å². The van der Waals surface area contributed by atoms with Crippen LogP contribution >= 0.6 is 0 Å². The van der Waals surface area contributed by atoms with E-state index in [0.717, 1.165) is 0 Å². The van der Waals surface area contributed by atoms with Crippen molar-refractivity contribution in [3.63, 3.8) is 0 Å². The first-order valence-corrected chi connectivity index (χ1v) is 5.52. The molecule has 1 unspecified atom stereocenters. The molecule has 1 aliphatic heterocycles. The van der Waals surface area contributed by atoms with Crippen molar-refractivity contribution in [3.05, 3.63) is 6.67 Å². The summed E-state index contributed by atoms with van der Waals surface area (Å²) in [5.74, 6) is 0. The topological polar surface area (TPSA) is 18.5 Å². The minimum Gasteiger partial charge on any atom is -0.757 e. The van der Waals surface area contributed by atoms with Crippen molar-refractivity contribution < 1.29 is 0 Å². The third-order valence-electron chi connectivity index (χ3n) is 2.89. The van der Waals surface area contributed by atoms with Crippen LogP contribution in [0.3, 0.4) is 0 Å². The van der Waals surface area contributed by atoms with Crippen LogP contribution in [0.1, 0.15) is 32.1 Å². The molecule has 0 aromatic carbocycles. The second-order valence-corrected chi connectivity index (χ2v) is 4.39. The Balaban J connectivity index is 1.91. The van der Waals surface area contributed by atoms with Crippen molar-refractivity contribution >= 4 is 12.6 Å². The zero-order chi connectivity index (χ0) is 9.26. The van der Waals surface area contributed by atoms with Crippen LogP contribution in [0.2, 0.25) is 0 Å². The lowest BCUT2D eigenvalue weighted by molar-refractivity contribution is 0.197. The zero-order valence-corrected chi connectivity index (χ0v) is 8.89. The molecule has 13 heavy (non-hydrogen) atoms. The monoisotopic (exact) mass is 199 g/mol. The molecule has 1 radical (unpaired) electrons. The van der Waals surface area contributed by atoms with E-state index < -0.39 is 0 Å². The maximum atomic E-state index is 5.32.